The number of hydrogen-bond donors (Lipinski definition) is 1. The second kappa shape index (κ2) is 10.9. The molecule has 1 aliphatic rings. The van der Waals surface area contributed by atoms with Crippen LogP contribution in [0.2, 0.25) is 0 Å². The molecule has 8 heteroatoms. The molecule has 1 heterocycles. The van der Waals surface area contributed by atoms with Gasteiger partial charge < -0.3 is 14.8 Å². The molecule has 1 saturated carbocycles. The van der Waals surface area contributed by atoms with Gasteiger partial charge in [0.1, 0.15) is 22.8 Å². The third-order valence-corrected chi connectivity index (χ3v) is 6.20. The molecule has 192 valence electrons. The highest BCUT2D eigenvalue weighted by atomic mass is 16.6. The zero-order chi connectivity index (χ0) is 26.6. The largest absolute Gasteiger partial charge is 0.457 e. The van der Waals surface area contributed by atoms with E-state index in [-0.39, 0.29) is 23.6 Å². The number of nitrogens with one attached hydrogen (secondary N) is 1. The van der Waals surface area contributed by atoms with Gasteiger partial charge in [0.05, 0.1) is 18.3 Å². The zero-order valence-electron chi connectivity index (χ0n) is 21.7. The van der Waals surface area contributed by atoms with Crippen molar-refractivity contribution in [1.29, 1.82) is 0 Å². The van der Waals surface area contributed by atoms with E-state index in [9.17, 15) is 9.59 Å². The number of benzene rings is 2. The number of alkyl carbamates (subject to hydrolysis) is 1. The molecule has 0 radical (unpaired) electrons. The van der Waals surface area contributed by atoms with Crippen LogP contribution in [0.25, 0.3) is 16.1 Å². The monoisotopic (exact) mass is 500 g/mol. The molecule has 1 amide bonds. The van der Waals surface area contributed by atoms with E-state index < -0.39 is 11.7 Å². The first-order chi connectivity index (χ1) is 17.6. The maximum atomic E-state index is 12.6. The molecular formula is C29H32N4O4. The number of ketones is 1. The van der Waals surface area contributed by atoms with Crippen LogP contribution in [0, 0.1) is 6.57 Å². The Hall–Kier alpha value is -4.12. The number of hydrogen-bond acceptors (Lipinski definition) is 5. The standard InChI is InChI=1S/C29H32N4O4/c1-19(34)27-26(30-5)25(20-11-17-24(18-12-20)36-23-9-7-6-8-10-23)32-33(27)22-15-13-21(14-16-22)31-28(35)37-29(2,3)4/h6-12,17-18,21-22H,13-16H2,1-4H3,(H,31,35). The van der Waals surface area contributed by atoms with Crippen LogP contribution >= 0.6 is 0 Å². The van der Waals surface area contributed by atoms with Crippen LogP contribution in [-0.2, 0) is 4.74 Å². The van der Waals surface area contributed by atoms with Crippen molar-refractivity contribution in [3.05, 3.63) is 71.7 Å². The number of aromatic nitrogens is 2. The van der Waals surface area contributed by atoms with E-state index in [1.54, 1.807) is 4.68 Å². The van der Waals surface area contributed by atoms with Gasteiger partial charge in [0.25, 0.3) is 0 Å². The molecule has 0 spiro atoms. The van der Waals surface area contributed by atoms with Gasteiger partial charge in [-0.3, -0.25) is 9.48 Å². The highest BCUT2D eigenvalue weighted by Gasteiger charge is 2.31. The van der Waals surface area contributed by atoms with Gasteiger partial charge in [0.15, 0.2) is 5.78 Å². The Bertz CT molecular complexity index is 1290. The molecule has 0 saturated heterocycles. The van der Waals surface area contributed by atoms with E-state index >= 15 is 0 Å². The number of rotatable bonds is 6. The summed E-state index contributed by atoms with van der Waals surface area (Å²) in [4.78, 5) is 28.5. The number of nitrogens with zero attached hydrogens (tertiary/aromatic N) is 3. The van der Waals surface area contributed by atoms with Crippen LogP contribution in [0.3, 0.4) is 0 Å². The second-order valence-corrected chi connectivity index (χ2v) is 10.2. The minimum Gasteiger partial charge on any atom is -0.457 e. The van der Waals surface area contributed by atoms with E-state index in [0.717, 1.165) is 37.0 Å². The van der Waals surface area contributed by atoms with Crippen LogP contribution in [-0.4, -0.2) is 33.3 Å². The van der Waals surface area contributed by atoms with Crippen molar-refractivity contribution in [3.8, 4) is 22.8 Å². The smallest absolute Gasteiger partial charge is 0.407 e. The predicted molar refractivity (Wildman–Crippen MR) is 141 cm³/mol. The van der Waals surface area contributed by atoms with Crippen LogP contribution in [0.15, 0.2) is 54.6 Å². The van der Waals surface area contributed by atoms with Gasteiger partial charge in [0, 0.05) is 6.04 Å². The Morgan fingerprint density at radius 2 is 1.62 bits per heavy atom. The molecule has 37 heavy (non-hydrogen) atoms. The van der Waals surface area contributed by atoms with Gasteiger partial charge in [-0.15, -0.1) is 0 Å². The SMILES string of the molecule is [C-]#[N+]c1c(-c2ccc(Oc3ccccc3)cc2)nn(C2CCC(NC(=O)OC(C)(C)C)CC2)c1C(C)=O. The average Bonchev–Trinajstić information content (AvgIpc) is 3.24. The quantitative estimate of drug-likeness (QED) is 0.288. The molecule has 0 aliphatic heterocycles. The minimum absolute atomic E-state index is 0.000553. The summed E-state index contributed by atoms with van der Waals surface area (Å²) in [6.45, 7) is 14.8. The topological polar surface area (TPSA) is 86.8 Å². The number of Topliss-reactive ketones (excluding diaryl/α,β-unsaturated/α-hetero) is 1. The lowest BCUT2D eigenvalue weighted by Gasteiger charge is -2.31. The van der Waals surface area contributed by atoms with Crippen molar-refractivity contribution >= 4 is 17.6 Å². The molecule has 3 aromatic rings. The molecule has 4 rings (SSSR count). The molecule has 1 aromatic heterocycles. The summed E-state index contributed by atoms with van der Waals surface area (Å²) in [7, 11) is 0. The van der Waals surface area contributed by atoms with Crippen LogP contribution in [0.4, 0.5) is 10.5 Å². The summed E-state index contributed by atoms with van der Waals surface area (Å²) in [5, 5.41) is 7.72. The maximum absolute atomic E-state index is 12.6. The summed E-state index contributed by atoms with van der Waals surface area (Å²) in [5.41, 5.74) is 1.27. The average molecular weight is 501 g/mol. The van der Waals surface area contributed by atoms with Gasteiger partial charge in [-0.25, -0.2) is 9.64 Å². The fourth-order valence-electron chi connectivity index (χ4n) is 4.56. The summed E-state index contributed by atoms with van der Waals surface area (Å²) in [5.74, 6) is 1.21. The first kappa shape index (κ1) is 26.0. The van der Waals surface area contributed by atoms with Crippen LogP contribution in [0.5, 0.6) is 11.5 Å². The van der Waals surface area contributed by atoms with Crippen LogP contribution in [0.1, 0.15) is 69.9 Å². The third-order valence-electron chi connectivity index (χ3n) is 6.20. The van der Waals surface area contributed by atoms with E-state index in [4.69, 9.17) is 21.1 Å². The number of ether oxygens (including phenoxy) is 2. The van der Waals surface area contributed by atoms with Crippen molar-refractivity contribution in [1.82, 2.24) is 15.1 Å². The van der Waals surface area contributed by atoms with Crippen molar-refractivity contribution in [2.24, 2.45) is 0 Å². The molecule has 8 nitrogen and oxygen atoms in total. The Balaban J connectivity index is 1.52. The highest BCUT2D eigenvalue weighted by Crippen LogP contribution is 2.39. The summed E-state index contributed by atoms with van der Waals surface area (Å²) in [6.07, 6.45) is 2.49. The maximum Gasteiger partial charge on any atom is 0.407 e. The van der Waals surface area contributed by atoms with Crippen molar-refractivity contribution in [2.75, 3.05) is 0 Å². The molecule has 0 atom stereocenters. The molecule has 1 N–H and O–H groups in total. The third kappa shape index (κ3) is 6.36. The highest BCUT2D eigenvalue weighted by molar-refractivity contribution is 6.01. The van der Waals surface area contributed by atoms with Gasteiger partial charge in [-0.2, -0.15) is 5.10 Å². The normalized spacial score (nSPS) is 17.5. The van der Waals surface area contributed by atoms with Crippen molar-refractivity contribution < 1.29 is 19.1 Å². The van der Waals surface area contributed by atoms with Crippen LogP contribution < -0.4 is 10.1 Å². The fourth-order valence-corrected chi connectivity index (χ4v) is 4.56. The molecule has 0 bridgehead atoms. The predicted octanol–water partition coefficient (Wildman–Crippen LogP) is 7.10. The lowest BCUT2D eigenvalue weighted by Crippen LogP contribution is -2.41. The lowest BCUT2D eigenvalue weighted by atomic mass is 9.91. The Morgan fingerprint density at radius 1 is 1.00 bits per heavy atom. The van der Waals surface area contributed by atoms with Gasteiger partial charge in [-0.05, 0) is 83.2 Å². The van der Waals surface area contributed by atoms with E-state index in [1.165, 1.54) is 6.92 Å². The van der Waals surface area contributed by atoms with E-state index in [1.807, 2.05) is 75.4 Å². The van der Waals surface area contributed by atoms with Gasteiger partial charge >= 0.3 is 6.09 Å². The minimum atomic E-state index is -0.550. The van der Waals surface area contributed by atoms with E-state index in [0.29, 0.717) is 17.1 Å². The Kier molecular flexibility index (Phi) is 7.63. The van der Waals surface area contributed by atoms with E-state index in [2.05, 4.69) is 10.2 Å². The number of para-hydroxylation sites is 1. The van der Waals surface area contributed by atoms with Gasteiger partial charge in [-0.1, -0.05) is 30.3 Å². The summed E-state index contributed by atoms with van der Waals surface area (Å²) >= 11 is 0. The Morgan fingerprint density at radius 3 is 2.19 bits per heavy atom. The Labute approximate surface area is 217 Å². The number of carbonyl (C=O) groups excluding carboxylic acids is 2. The summed E-state index contributed by atoms with van der Waals surface area (Å²) in [6, 6.07) is 16.8. The molecular weight excluding hydrogens is 468 g/mol. The first-order valence-electron chi connectivity index (χ1n) is 12.5. The second-order valence-electron chi connectivity index (χ2n) is 10.2. The molecule has 2 aromatic carbocycles. The fraction of sp³-hybridized carbons (Fsp3) is 0.379. The molecule has 1 fully saturated rings. The lowest BCUT2D eigenvalue weighted by molar-refractivity contribution is 0.0487. The number of carbonyl (C=O) groups is 2. The van der Waals surface area contributed by atoms with Gasteiger partial charge in [0.2, 0.25) is 5.69 Å². The zero-order valence-corrected chi connectivity index (χ0v) is 21.7. The molecule has 0 unspecified atom stereocenters. The number of amides is 1. The molecule has 1 aliphatic carbocycles. The van der Waals surface area contributed by atoms with Crippen molar-refractivity contribution in [2.45, 2.75) is 71.1 Å². The first-order valence-corrected chi connectivity index (χ1v) is 12.5. The van der Waals surface area contributed by atoms with Crippen molar-refractivity contribution in [3.63, 3.8) is 0 Å². The summed E-state index contributed by atoms with van der Waals surface area (Å²) < 4.78 is 13.0.